The highest BCUT2D eigenvalue weighted by molar-refractivity contribution is 8.00. The molecule has 5 rings (SSSR count). The monoisotopic (exact) mass is 631 g/mol. The van der Waals surface area contributed by atoms with Gasteiger partial charge in [-0.1, -0.05) is 72.8 Å². The summed E-state index contributed by atoms with van der Waals surface area (Å²) in [5.41, 5.74) is 4.44. The molecule has 45 heavy (non-hydrogen) atoms. The fraction of sp³-hybridized carbons (Fsp3) is 0.400. The van der Waals surface area contributed by atoms with Crippen molar-refractivity contribution >= 4 is 29.5 Å². The molecular weight excluding hydrogens is 590 g/mol. The van der Waals surface area contributed by atoms with Gasteiger partial charge in [-0.2, -0.15) is 0 Å². The van der Waals surface area contributed by atoms with Gasteiger partial charge in [-0.05, 0) is 61.9 Å². The van der Waals surface area contributed by atoms with E-state index in [-0.39, 0.29) is 18.9 Å². The molecule has 0 aromatic heterocycles. The highest BCUT2D eigenvalue weighted by Crippen LogP contribution is 2.41. The van der Waals surface area contributed by atoms with E-state index in [9.17, 15) is 24.6 Å². The minimum Gasteiger partial charge on any atom is -0.483 e. The highest BCUT2D eigenvalue weighted by Gasteiger charge is 2.50. The number of hydrogen-bond donors (Lipinski definition) is 4. The topological polar surface area (TPSA) is 128 Å². The smallest absolute Gasteiger partial charge is 0.258 e. The van der Waals surface area contributed by atoms with Crippen molar-refractivity contribution in [1.29, 1.82) is 0 Å². The van der Waals surface area contributed by atoms with Crippen molar-refractivity contribution in [3.05, 3.63) is 101 Å². The Bertz CT molecular complexity index is 1530. The van der Waals surface area contributed by atoms with Crippen molar-refractivity contribution in [3.8, 4) is 5.75 Å². The van der Waals surface area contributed by atoms with Crippen LogP contribution in [0.25, 0.3) is 0 Å². The molecule has 0 bridgehead atoms. The zero-order valence-electron chi connectivity index (χ0n) is 26.0. The molecule has 1 fully saturated rings. The van der Waals surface area contributed by atoms with Crippen LogP contribution in [0, 0.1) is 13.8 Å². The Morgan fingerprint density at radius 2 is 1.67 bits per heavy atom. The minimum absolute atomic E-state index is 0.187. The first kappa shape index (κ1) is 32.5. The number of benzene rings is 3. The maximum atomic E-state index is 14.0. The van der Waals surface area contributed by atoms with Crippen LogP contribution in [-0.4, -0.2) is 74.4 Å². The minimum atomic E-state index is -1.63. The lowest BCUT2D eigenvalue weighted by molar-refractivity contribution is -0.148. The summed E-state index contributed by atoms with van der Waals surface area (Å²) in [5, 5.41) is 28.1. The highest BCUT2D eigenvalue weighted by atomic mass is 32.2. The van der Waals surface area contributed by atoms with Crippen molar-refractivity contribution in [2.75, 3.05) is 12.5 Å². The average Bonchev–Trinajstić information content (AvgIpc) is 3.50. The third-order valence-electron chi connectivity index (χ3n) is 8.61. The van der Waals surface area contributed by atoms with Gasteiger partial charge in [0.15, 0.2) is 12.7 Å². The summed E-state index contributed by atoms with van der Waals surface area (Å²) >= 11 is 1.44. The first-order chi connectivity index (χ1) is 21.5. The van der Waals surface area contributed by atoms with E-state index < -0.39 is 52.8 Å². The molecule has 9 nitrogen and oxygen atoms in total. The van der Waals surface area contributed by atoms with E-state index in [4.69, 9.17) is 4.74 Å². The zero-order chi connectivity index (χ0) is 32.3. The molecule has 1 aliphatic heterocycles. The van der Waals surface area contributed by atoms with Crippen LogP contribution in [0.5, 0.6) is 5.75 Å². The third kappa shape index (κ3) is 7.19. The van der Waals surface area contributed by atoms with Crippen LogP contribution in [0.15, 0.2) is 72.8 Å². The van der Waals surface area contributed by atoms with Crippen molar-refractivity contribution in [2.45, 2.75) is 75.6 Å². The van der Waals surface area contributed by atoms with Gasteiger partial charge in [0.2, 0.25) is 5.91 Å². The van der Waals surface area contributed by atoms with E-state index in [1.54, 1.807) is 0 Å². The summed E-state index contributed by atoms with van der Waals surface area (Å²) in [6.07, 6.45) is -1.79. The lowest BCUT2D eigenvalue weighted by Crippen LogP contribution is -2.59. The van der Waals surface area contributed by atoms with Gasteiger partial charge in [0.1, 0.15) is 11.8 Å². The summed E-state index contributed by atoms with van der Waals surface area (Å²) in [6.45, 7) is 7.27. The van der Waals surface area contributed by atoms with E-state index in [0.29, 0.717) is 12.2 Å². The predicted octanol–water partition coefficient (Wildman–Crippen LogP) is 3.23. The predicted molar refractivity (Wildman–Crippen MR) is 174 cm³/mol. The summed E-state index contributed by atoms with van der Waals surface area (Å²) in [4.78, 5) is 42.3. The number of fused-ring (bicyclic) bond motifs is 1. The van der Waals surface area contributed by atoms with Gasteiger partial charge in [0, 0.05) is 11.2 Å². The summed E-state index contributed by atoms with van der Waals surface area (Å²) < 4.78 is 5.16. The van der Waals surface area contributed by atoms with E-state index in [1.165, 1.54) is 16.7 Å². The Morgan fingerprint density at radius 1 is 1.00 bits per heavy atom. The molecule has 3 aromatic carbocycles. The number of nitrogens with one attached hydrogen (secondary N) is 2. The van der Waals surface area contributed by atoms with Gasteiger partial charge in [-0.25, -0.2) is 0 Å². The number of aryl methyl sites for hydroxylation is 2. The van der Waals surface area contributed by atoms with Crippen LogP contribution in [-0.2, 0) is 27.2 Å². The molecule has 10 heteroatoms. The van der Waals surface area contributed by atoms with Crippen molar-refractivity contribution < 1.29 is 29.3 Å². The lowest BCUT2D eigenvalue weighted by atomic mass is 9.96. The van der Waals surface area contributed by atoms with Crippen molar-refractivity contribution in [2.24, 2.45) is 0 Å². The molecule has 5 atom stereocenters. The SMILES string of the molecule is Cc1cccc(C)c1OCC(=O)N[C@@H](Cc1ccccc1)[C@H](O)C(=O)N1CSC(C)(C)[C@@H]1C(=O)N[C@@H]1c2ccccc2C[C@@H]1O. The number of amides is 3. The molecule has 1 heterocycles. The normalized spacial score (nSPS) is 21.5. The molecule has 3 amide bonds. The number of ether oxygens (including phenoxy) is 1. The third-order valence-corrected chi connectivity index (χ3v) is 9.99. The summed E-state index contributed by atoms with van der Waals surface area (Å²) in [7, 11) is 0. The van der Waals surface area contributed by atoms with Gasteiger partial charge in [0.25, 0.3) is 11.8 Å². The van der Waals surface area contributed by atoms with Gasteiger partial charge in [0.05, 0.1) is 24.1 Å². The number of aliphatic hydroxyl groups excluding tert-OH is 2. The van der Waals surface area contributed by atoms with Crippen LogP contribution in [0.3, 0.4) is 0 Å². The van der Waals surface area contributed by atoms with Gasteiger partial charge < -0.3 is 30.5 Å². The fourth-order valence-electron chi connectivity index (χ4n) is 6.26. The zero-order valence-corrected chi connectivity index (χ0v) is 26.8. The number of thioether (sulfide) groups is 1. The van der Waals surface area contributed by atoms with Gasteiger partial charge in [-0.15, -0.1) is 11.8 Å². The van der Waals surface area contributed by atoms with E-state index >= 15 is 0 Å². The second-order valence-corrected chi connectivity index (χ2v) is 14.0. The molecule has 1 saturated heterocycles. The molecule has 0 spiro atoms. The quantitative estimate of drug-likeness (QED) is 0.271. The maximum absolute atomic E-state index is 14.0. The first-order valence-corrected chi connectivity index (χ1v) is 16.2. The van der Waals surface area contributed by atoms with Gasteiger partial charge >= 0.3 is 0 Å². The van der Waals surface area contributed by atoms with E-state index in [2.05, 4.69) is 10.6 Å². The maximum Gasteiger partial charge on any atom is 0.258 e. The number of carbonyl (C=O) groups excluding carboxylic acids is 3. The fourth-order valence-corrected chi connectivity index (χ4v) is 7.40. The average molecular weight is 632 g/mol. The van der Waals surface area contributed by atoms with Crippen LogP contribution in [0.1, 0.15) is 47.7 Å². The standard InChI is InChI=1S/C35H41N3O6S/c1-21-11-10-12-22(2)31(21)44-19-28(40)36-26(17-23-13-6-5-7-14-23)30(41)34(43)38-20-45-35(3,4)32(38)33(42)37-29-25-16-9-8-15-24(25)18-27(29)39/h5-16,26-27,29-30,32,39,41H,17-20H2,1-4H3,(H,36,40)(H,37,42)/t26-,27-,29+,30-,32-/m0/s1. The van der Waals surface area contributed by atoms with Crippen LogP contribution >= 0.6 is 11.8 Å². The van der Waals surface area contributed by atoms with Crippen molar-refractivity contribution in [3.63, 3.8) is 0 Å². The number of nitrogens with zero attached hydrogens (tertiary/aromatic N) is 1. The largest absolute Gasteiger partial charge is 0.483 e. The molecule has 1 aliphatic carbocycles. The van der Waals surface area contributed by atoms with Gasteiger partial charge in [-0.3, -0.25) is 14.4 Å². The molecule has 238 valence electrons. The Balaban J connectivity index is 1.33. The Labute approximate surface area is 268 Å². The molecule has 0 saturated carbocycles. The Morgan fingerprint density at radius 3 is 2.38 bits per heavy atom. The molecule has 0 unspecified atom stereocenters. The molecule has 2 aliphatic rings. The summed E-state index contributed by atoms with van der Waals surface area (Å²) in [6, 6.07) is 20.1. The second kappa shape index (κ2) is 13.6. The molecule has 0 radical (unpaired) electrons. The number of carbonyl (C=O) groups is 3. The van der Waals surface area contributed by atoms with Crippen LogP contribution < -0.4 is 15.4 Å². The lowest BCUT2D eigenvalue weighted by Gasteiger charge is -2.34. The van der Waals surface area contributed by atoms with E-state index in [0.717, 1.165) is 27.8 Å². The Hall–Kier alpha value is -3.86. The van der Waals surface area contributed by atoms with E-state index in [1.807, 2.05) is 100 Å². The molecule has 4 N–H and O–H groups in total. The second-order valence-electron chi connectivity index (χ2n) is 12.4. The molecule has 3 aromatic rings. The van der Waals surface area contributed by atoms with Crippen molar-refractivity contribution in [1.82, 2.24) is 15.5 Å². The number of aliphatic hydroxyl groups is 2. The molecular formula is C35H41N3O6S. The van der Waals surface area contributed by atoms with Crippen LogP contribution in [0.2, 0.25) is 0 Å². The van der Waals surface area contributed by atoms with Crippen LogP contribution in [0.4, 0.5) is 0 Å². The number of hydrogen-bond acceptors (Lipinski definition) is 7. The summed E-state index contributed by atoms with van der Waals surface area (Å²) in [5.74, 6) is -0.741. The number of para-hydroxylation sites is 1. The Kier molecular flexibility index (Phi) is 9.86. The first-order valence-electron chi connectivity index (χ1n) is 15.2. The number of rotatable bonds is 10.